The minimum atomic E-state index is -1.83. The van der Waals surface area contributed by atoms with Crippen molar-refractivity contribution in [2.24, 2.45) is 0 Å². The van der Waals surface area contributed by atoms with E-state index in [0.717, 1.165) is 77.7 Å². The summed E-state index contributed by atoms with van der Waals surface area (Å²) in [4.78, 5) is 15.6. The van der Waals surface area contributed by atoms with Gasteiger partial charge in [0, 0.05) is 16.2 Å². The van der Waals surface area contributed by atoms with E-state index in [4.69, 9.17) is 19.4 Å². The molecule has 1 aliphatic rings. The van der Waals surface area contributed by atoms with Gasteiger partial charge in [-0.1, -0.05) is 54.6 Å². The number of hydrogen-bond acceptors (Lipinski definition) is 4. The summed E-state index contributed by atoms with van der Waals surface area (Å²) in [5, 5.41) is 3.23. The summed E-state index contributed by atoms with van der Waals surface area (Å²) in [6.07, 6.45) is 0. The first kappa shape index (κ1) is 34.8. The molecule has 1 aliphatic heterocycles. The average molecular weight is 880 g/mol. The standard InChI is InChI=1S/C55H34IN3O/c1-3-13-35(14-4-1)40-29-32-48-45(33-40)52-44-19-9-12-22-51(44)60-54(52)53(57-48)38-23-25-39(26-24-38)55-58-49(36-15-5-2-6-16-36)34-50(59-55)37-27-30-41(31-28-37)56-46-20-10-7-17-42(46)43-18-8-11-21-47(43)56/h1-34H. The fourth-order valence-electron chi connectivity index (χ4n) is 8.53. The molecular formula is C55H34IN3O. The van der Waals surface area contributed by atoms with E-state index in [1.54, 1.807) is 0 Å². The van der Waals surface area contributed by atoms with Gasteiger partial charge in [-0.2, -0.15) is 0 Å². The van der Waals surface area contributed by atoms with Crippen LogP contribution in [-0.2, 0) is 0 Å². The van der Waals surface area contributed by atoms with Crippen LogP contribution in [0.3, 0.4) is 0 Å². The minimum absolute atomic E-state index is 0.671. The first-order chi connectivity index (χ1) is 29.7. The van der Waals surface area contributed by atoms with Gasteiger partial charge in [0.1, 0.15) is 5.58 Å². The van der Waals surface area contributed by atoms with Crippen molar-refractivity contribution < 1.29 is 4.42 Å². The molecule has 282 valence electrons. The van der Waals surface area contributed by atoms with Crippen LogP contribution in [0.2, 0.25) is 0 Å². The van der Waals surface area contributed by atoms with Crippen LogP contribution in [0.5, 0.6) is 0 Å². The van der Waals surface area contributed by atoms with Gasteiger partial charge in [0.15, 0.2) is 5.58 Å². The fourth-order valence-corrected chi connectivity index (χ4v) is 14.8. The van der Waals surface area contributed by atoms with Crippen LogP contribution < -0.4 is 0 Å². The van der Waals surface area contributed by atoms with Crippen LogP contribution in [0, 0.1) is 10.7 Å². The third-order valence-corrected chi connectivity index (χ3v) is 17.6. The summed E-state index contributed by atoms with van der Waals surface area (Å²) >= 11 is -1.83. The fraction of sp³-hybridized carbons (Fsp3) is 0. The molecule has 5 heteroatoms. The van der Waals surface area contributed by atoms with Crippen molar-refractivity contribution in [2.75, 3.05) is 0 Å². The second-order valence-corrected chi connectivity index (χ2v) is 20.2. The van der Waals surface area contributed by atoms with Crippen LogP contribution in [0.4, 0.5) is 0 Å². The molecule has 0 spiro atoms. The summed E-state index contributed by atoms with van der Waals surface area (Å²) in [6, 6.07) is 73.2. The van der Waals surface area contributed by atoms with Gasteiger partial charge in [-0.25, -0.2) is 4.98 Å². The molecule has 11 aromatic rings. The Hall–Kier alpha value is -7.22. The molecule has 0 fully saturated rings. The predicted molar refractivity (Wildman–Crippen MR) is 254 cm³/mol. The topological polar surface area (TPSA) is 51.8 Å². The van der Waals surface area contributed by atoms with Gasteiger partial charge in [0.2, 0.25) is 0 Å². The molecule has 0 unspecified atom stereocenters. The quantitative estimate of drug-likeness (QED) is 0.156. The minimum Gasteiger partial charge on any atom is -0.454 e. The van der Waals surface area contributed by atoms with Crippen molar-refractivity contribution in [2.45, 2.75) is 0 Å². The third-order valence-electron chi connectivity index (χ3n) is 11.4. The van der Waals surface area contributed by atoms with Crippen LogP contribution in [0.15, 0.2) is 211 Å². The zero-order valence-electron chi connectivity index (χ0n) is 32.3. The third kappa shape index (κ3) is 5.84. The molecule has 3 aromatic heterocycles. The molecular weight excluding hydrogens is 846 g/mol. The molecule has 12 rings (SSSR count). The monoisotopic (exact) mass is 879 g/mol. The molecule has 0 saturated heterocycles. The van der Waals surface area contributed by atoms with Gasteiger partial charge in [-0.3, -0.25) is 0 Å². The largest absolute Gasteiger partial charge is 0.454 e. The van der Waals surface area contributed by atoms with Crippen molar-refractivity contribution >= 4 is 52.7 Å². The van der Waals surface area contributed by atoms with Crippen molar-refractivity contribution in [3.63, 3.8) is 0 Å². The maximum absolute atomic E-state index is 6.63. The van der Waals surface area contributed by atoms with Crippen molar-refractivity contribution in [1.82, 2.24) is 15.0 Å². The maximum Gasteiger partial charge on any atom is 0.162 e. The van der Waals surface area contributed by atoms with Crippen LogP contribution in [0.25, 0.3) is 100 Å². The van der Waals surface area contributed by atoms with Gasteiger partial charge in [0.05, 0.1) is 5.52 Å². The van der Waals surface area contributed by atoms with Crippen LogP contribution in [-0.4, -0.2) is 15.0 Å². The zero-order valence-corrected chi connectivity index (χ0v) is 34.4. The molecule has 4 heterocycles. The van der Waals surface area contributed by atoms with Gasteiger partial charge in [-0.05, 0) is 29.3 Å². The number of pyridine rings is 1. The first-order valence-corrected chi connectivity index (χ1v) is 23.3. The van der Waals surface area contributed by atoms with Crippen molar-refractivity contribution in [1.29, 1.82) is 0 Å². The molecule has 0 radical (unpaired) electrons. The van der Waals surface area contributed by atoms with Crippen molar-refractivity contribution in [3.8, 4) is 67.4 Å². The summed E-state index contributed by atoms with van der Waals surface area (Å²) in [5.74, 6) is 0.671. The van der Waals surface area contributed by atoms with E-state index in [9.17, 15) is 0 Å². The van der Waals surface area contributed by atoms with E-state index in [0.29, 0.717) is 5.82 Å². The second kappa shape index (κ2) is 14.3. The van der Waals surface area contributed by atoms with E-state index in [2.05, 4.69) is 182 Å². The Morgan fingerprint density at radius 2 is 0.933 bits per heavy atom. The number of nitrogens with zero attached hydrogens (tertiary/aromatic N) is 3. The van der Waals surface area contributed by atoms with Gasteiger partial charge >= 0.3 is 230 Å². The Balaban J connectivity index is 0.943. The zero-order chi connectivity index (χ0) is 39.6. The number of fused-ring (bicyclic) bond motifs is 8. The van der Waals surface area contributed by atoms with Crippen LogP contribution in [0.1, 0.15) is 0 Å². The summed E-state index contributed by atoms with van der Waals surface area (Å²) in [7, 11) is 0. The molecule has 0 N–H and O–H groups in total. The molecule has 4 nitrogen and oxygen atoms in total. The summed E-state index contributed by atoms with van der Waals surface area (Å²) in [5.41, 5.74) is 14.2. The average Bonchev–Trinajstić information content (AvgIpc) is 3.89. The predicted octanol–water partition coefficient (Wildman–Crippen LogP) is 14.7. The normalized spacial score (nSPS) is 12.6. The Morgan fingerprint density at radius 1 is 0.383 bits per heavy atom. The van der Waals surface area contributed by atoms with Gasteiger partial charge in [-0.15, -0.1) is 0 Å². The number of hydrogen-bond donors (Lipinski definition) is 0. The molecule has 60 heavy (non-hydrogen) atoms. The van der Waals surface area contributed by atoms with Crippen LogP contribution >= 0.6 is 19.8 Å². The molecule has 0 atom stereocenters. The Morgan fingerprint density at radius 3 is 1.63 bits per heavy atom. The molecule has 0 aliphatic carbocycles. The molecule has 8 aromatic carbocycles. The number of aromatic nitrogens is 3. The SMILES string of the molecule is c1ccc(-c2ccc3nc(-c4ccc(-c5nc(-c6ccccc6)cc(-c6ccc(I7c8ccccc8-c8ccccc87)cc6)n5)cc4)c4oc5ccccc5c4c3c2)cc1. The van der Waals surface area contributed by atoms with E-state index >= 15 is 0 Å². The smallest absolute Gasteiger partial charge is 0.162 e. The summed E-state index contributed by atoms with van der Waals surface area (Å²) in [6.45, 7) is 0. The van der Waals surface area contributed by atoms with Gasteiger partial charge < -0.3 is 4.42 Å². The Kier molecular flexibility index (Phi) is 8.27. The van der Waals surface area contributed by atoms with E-state index in [1.165, 1.54) is 27.4 Å². The molecule has 0 amide bonds. The van der Waals surface area contributed by atoms with Crippen molar-refractivity contribution in [3.05, 3.63) is 217 Å². The molecule has 0 saturated carbocycles. The Labute approximate surface area is 354 Å². The maximum atomic E-state index is 6.63. The van der Waals surface area contributed by atoms with E-state index in [-0.39, 0.29) is 0 Å². The number of rotatable bonds is 6. The number of halogens is 1. The summed E-state index contributed by atoms with van der Waals surface area (Å²) < 4.78 is 11.1. The second-order valence-electron chi connectivity index (χ2n) is 15.0. The first-order valence-electron chi connectivity index (χ1n) is 20.1. The number of para-hydroxylation sites is 1. The van der Waals surface area contributed by atoms with Gasteiger partial charge in [0.25, 0.3) is 0 Å². The van der Waals surface area contributed by atoms with E-state index in [1.807, 2.05) is 24.3 Å². The Bertz CT molecular complexity index is 3370. The van der Waals surface area contributed by atoms with E-state index < -0.39 is 19.8 Å². The number of furan rings is 1. The molecule has 0 bridgehead atoms. The number of benzene rings is 8.